The summed E-state index contributed by atoms with van der Waals surface area (Å²) in [6.07, 6.45) is 0.181. The molecule has 0 amide bonds. The van der Waals surface area contributed by atoms with Gasteiger partial charge in [0.05, 0.1) is 11.6 Å². The average molecular weight is 158 g/mol. The SMILES string of the molecule is O=S(=O)(O)CC[CH]Cl. The van der Waals surface area contributed by atoms with Crippen LogP contribution in [0, 0.1) is 5.88 Å². The Morgan fingerprint density at radius 1 is 1.62 bits per heavy atom. The number of halogens is 1. The highest BCUT2D eigenvalue weighted by Gasteiger charge is 2.01. The van der Waals surface area contributed by atoms with Crippen molar-refractivity contribution in [3.63, 3.8) is 0 Å². The van der Waals surface area contributed by atoms with E-state index >= 15 is 0 Å². The summed E-state index contributed by atoms with van der Waals surface area (Å²) in [5.74, 6) is 0.865. The van der Waals surface area contributed by atoms with E-state index in [1.54, 1.807) is 0 Å². The fourth-order valence-electron chi connectivity index (χ4n) is 0.193. The maximum Gasteiger partial charge on any atom is 0.264 e. The average Bonchev–Trinajstić information content (AvgIpc) is 1.59. The van der Waals surface area contributed by atoms with Crippen LogP contribution in [-0.4, -0.2) is 18.7 Å². The largest absolute Gasteiger partial charge is 0.286 e. The molecule has 0 unspecified atom stereocenters. The van der Waals surface area contributed by atoms with Crippen LogP contribution >= 0.6 is 11.6 Å². The second-order valence-electron chi connectivity index (χ2n) is 1.23. The topological polar surface area (TPSA) is 54.4 Å². The molecule has 0 aromatic rings. The second-order valence-corrected chi connectivity index (χ2v) is 3.11. The van der Waals surface area contributed by atoms with Crippen molar-refractivity contribution in [2.45, 2.75) is 6.42 Å². The summed E-state index contributed by atoms with van der Waals surface area (Å²) in [4.78, 5) is 0. The lowest BCUT2D eigenvalue weighted by Crippen LogP contribution is -2.02. The highest BCUT2D eigenvalue weighted by atomic mass is 35.5. The summed E-state index contributed by atoms with van der Waals surface area (Å²) in [7, 11) is -3.80. The zero-order chi connectivity index (χ0) is 6.62. The summed E-state index contributed by atoms with van der Waals surface area (Å²) in [5.41, 5.74) is 0. The molecule has 0 spiro atoms. The minimum atomic E-state index is -3.80. The fraction of sp³-hybridized carbons (Fsp3) is 0.667. The second kappa shape index (κ2) is 3.27. The Hall–Kier alpha value is 0.200. The Kier molecular flexibility index (Phi) is 3.35. The van der Waals surface area contributed by atoms with Crippen LogP contribution in [0.25, 0.3) is 0 Å². The molecule has 0 aliphatic carbocycles. The molecule has 1 radical (unpaired) electrons. The summed E-state index contributed by atoms with van der Waals surface area (Å²) >= 11 is 5.01. The number of hydrogen-bond acceptors (Lipinski definition) is 2. The minimum absolute atomic E-state index is 0.181. The van der Waals surface area contributed by atoms with Crippen molar-refractivity contribution in [2.75, 3.05) is 5.75 Å². The van der Waals surface area contributed by atoms with Crippen molar-refractivity contribution >= 4 is 21.7 Å². The molecular weight excluding hydrogens is 152 g/mol. The van der Waals surface area contributed by atoms with Crippen molar-refractivity contribution in [3.8, 4) is 0 Å². The van der Waals surface area contributed by atoms with Crippen LogP contribution in [0.4, 0.5) is 0 Å². The first kappa shape index (κ1) is 8.20. The standard InChI is InChI=1S/C3H6ClO3S/c4-2-1-3-8(5,6)7/h2H,1,3H2,(H,5,6,7). The Balaban J connectivity index is 3.42. The van der Waals surface area contributed by atoms with E-state index in [1.165, 1.54) is 0 Å². The van der Waals surface area contributed by atoms with E-state index in [0.717, 1.165) is 5.88 Å². The fourth-order valence-corrected chi connectivity index (χ4v) is 0.848. The maximum absolute atomic E-state index is 9.87. The van der Waals surface area contributed by atoms with E-state index in [2.05, 4.69) is 0 Å². The molecule has 0 fully saturated rings. The Bertz CT molecular complexity index is 139. The summed E-state index contributed by atoms with van der Waals surface area (Å²) < 4.78 is 27.8. The van der Waals surface area contributed by atoms with Crippen molar-refractivity contribution in [2.24, 2.45) is 0 Å². The van der Waals surface area contributed by atoms with Gasteiger partial charge in [-0.25, -0.2) is 0 Å². The van der Waals surface area contributed by atoms with Gasteiger partial charge in [-0.2, -0.15) is 8.42 Å². The smallest absolute Gasteiger partial charge is 0.264 e. The summed E-state index contributed by atoms with van der Waals surface area (Å²) in [5, 5.41) is 0. The first-order chi connectivity index (χ1) is 3.56. The third-order valence-corrected chi connectivity index (χ3v) is 1.45. The lowest BCUT2D eigenvalue weighted by Gasteiger charge is -1.88. The summed E-state index contributed by atoms with van der Waals surface area (Å²) in [6, 6.07) is 0. The Labute approximate surface area is 53.4 Å². The van der Waals surface area contributed by atoms with Gasteiger partial charge in [-0.15, -0.1) is 11.6 Å². The van der Waals surface area contributed by atoms with Gasteiger partial charge in [-0.1, -0.05) is 0 Å². The van der Waals surface area contributed by atoms with Crippen molar-refractivity contribution in [1.82, 2.24) is 0 Å². The van der Waals surface area contributed by atoms with Gasteiger partial charge in [0, 0.05) is 0 Å². The van der Waals surface area contributed by atoms with Gasteiger partial charge in [-0.3, -0.25) is 4.55 Å². The van der Waals surface area contributed by atoms with Crippen LogP contribution in [0.2, 0.25) is 0 Å². The Morgan fingerprint density at radius 2 is 2.12 bits per heavy atom. The van der Waals surface area contributed by atoms with Crippen LogP contribution in [0.3, 0.4) is 0 Å². The van der Waals surface area contributed by atoms with E-state index < -0.39 is 10.1 Å². The van der Waals surface area contributed by atoms with Crippen molar-refractivity contribution < 1.29 is 13.0 Å². The third kappa shape index (κ3) is 6.20. The molecule has 49 valence electrons. The third-order valence-electron chi connectivity index (χ3n) is 0.485. The van der Waals surface area contributed by atoms with Crippen molar-refractivity contribution in [3.05, 3.63) is 5.88 Å². The van der Waals surface area contributed by atoms with Crippen LogP contribution < -0.4 is 0 Å². The van der Waals surface area contributed by atoms with Crippen LogP contribution in [0.15, 0.2) is 0 Å². The molecule has 3 nitrogen and oxygen atoms in total. The first-order valence-electron chi connectivity index (χ1n) is 1.93. The molecule has 0 atom stereocenters. The molecule has 0 aliphatic heterocycles. The molecule has 0 saturated heterocycles. The van der Waals surface area contributed by atoms with Crippen molar-refractivity contribution in [1.29, 1.82) is 0 Å². The molecule has 0 heterocycles. The molecule has 1 N–H and O–H groups in total. The number of rotatable bonds is 3. The van der Waals surface area contributed by atoms with Crippen LogP contribution in [0.1, 0.15) is 6.42 Å². The highest BCUT2D eigenvalue weighted by Crippen LogP contribution is 1.94. The zero-order valence-corrected chi connectivity index (χ0v) is 5.61. The lowest BCUT2D eigenvalue weighted by atomic mass is 10.6. The molecular formula is C3H6ClO3S. The molecule has 0 aromatic heterocycles. The lowest BCUT2D eigenvalue weighted by molar-refractivity contribution is 0.483. The normalized spacial score (nSPS) is 11.8. The Morgan fingerprint density at radius 3 is 2.25 bits per heavy atom. The first-order valence-corrected chi connectivity index (χ1v) is 3.98. The van der Waals surface area contributed by atoms with Gasteiger partial charge in [0.2, 0.25) is 0 Å². The van der Waals surface area contributed by atoms with Gasteiger partial charge in [0.25, 0.3) is 10.1 Å². The van der Waals surface area contributed by atoms with E-state index in [9.17, 15) is 8.42 Å². The molecule has 0 rings (SSSR count). The molecule has 8 heavy (non-hydrogen) atoms. The maximum atomic E-state index is 9.87. The van der Waals surface area contributed by atoms with E-state index in [1.807, 2.05) is 0 Å². The highest BCUT2D eigenvalue weighted by molar-refractivity contribution is 7.85. The number of hydrogen-bond donors (Lipinski definition) is 1. The van der Waals surface area contributed by atoms with E-state index in [0.29, 0.717) is 0 Å². The summed E-state index contributed by atoms with van der Waals surface area (Å²) in [6.45, 7) is 0. The van der Waals surface area contributed by atoms with Gasteiger partial charge in [-0.05, 0) is 6.42 Å². The van der Waals surface area contributed by atoms with Crippen LogP contribution in [-0.2, 0) is 10.1 Å². The van der Waals surface area contributed by atoms with Gasteiger partial charge in [0.1, 0.15) is 0 Å². The molecule has 0 aliphatic rings. The quantitative estimate of drug-likeness (QED) is 0.613. The van der Waals surface area contributed by atoms with E-state index in [-0.39, 0.29) is 12.2 Å². The molecule has 5 heteroatoms. The monoisotopic (exact) mass is 157 g/mol. The molecule has 0 bridgehead atoms. The molecule has 0 saturated carbocycles. The van der Waals surface area contributed by atoms with Gasteiger partial charge in [0.15, 0.2) is 0 Å². The zero-order valence-electron chi connectivity index (χ0n) is 4.04. The predicted molar refractivity (Wildman–Crippen MR) is 31.2 cm³/mol. The van der Waals surface area contributed by atoms with E-state index in [4.69, 9.17) is 16.2 Å². The van der Waals surface area contributed by atoms with Gasteiger partial charge >= 0.3 is 0 Å². The van der Waals surface area contributed by atoms with Crippen LogP contribution in [0.5, 0.6) is 0 Å². The van der Waals surface area contributed by atoms with Gasteiger partial charge < -0.3 is 0 Å². The minimum Gasteiger partial charge on any atom is -0.286 e. The molecule has 0 aromatic carbocycles. The predicted octanol–water partition coefficient (Wildman–Crippen LogP) is 0.665.